The third kappa shape index (κ3) is 3.73. The number of esters is 2. The van der Waals surface area contributed by atoms with Gasteiger partial charge in [0.1, 0.15) is 11.7 Å². The summed E-state index contributed by atoms with van der Waals surface area (Å²) in [6.07, 6.45) is 7.51. The third-order valence-corrected chi connectivity index (χ3v) is 7.97. The second-order valence-corrected chi connectivity index (χ2v) is 9.47. The van der Waals surface area contributed by atoms with Crippen LogP contribution in [0, 0.1) is 40.4 Å². The largest absolute Gasteiger partial charge is 0.463 e. The lowest BCUT2D eigenvalue weighted by atomic mass is 9.46. The van der Waals surface area contributed by atoms with E-state index in [9.17, 15) is 14.9 Å². The maximum atomic E-state index is 11.7. The van der Waals surface area contributed by atoms with Gasteiger partial charge in [0, 0.05) is 26.2 Å². The normalized spacial score (nSPS) is 43.6. The van der Waals surface area contributed by atoms with Crippen LogP contribution in [0.2, 0.25) is 0 Å². The molecular weight excluding hydrogens is 342 g/mol. The van der Waals surface area contributed by atoms with Gasteiger partial charge in [-0.2, -0.15) is 5.26 Å². The van der Waals surface area contributed by atoms with Crippen LogP contribution in [0.1, 0.15) is 79.1 Å². The van der Waals surface area contributed by atoms with Gasteiger partial charge in [0.05, 0.1) is 6.07 Å². The first-order valence-corrected chi connectivity index (χ1v) is 10.4. The van der Waals surface area contributed by atoms with Crippen LogP contribution in [-0.2, 0) is 19.1 Å². The van der Waals surface area contributed by atoms with Crippen molar-refractivity contribution >= 4 is 11.9 Å². The molecule has 0 aromatic carbocycles. The van der Waals surface area contributed by atoms with Crippen LogP contribution in [0.4, 0.5) is 0 Å². The molecule has 0 radical (unpaired) electrons. The van der Waals surface area contributed by atoms with Gasteiger partial charge in [0.2, 0.25) is 0 Å². The van der Waals surface area contributed by atoms with Crippen molar-refractivity contribution in [3.63, 3.8) is 0 Å². The number of carbonyl (C=O) groups is 2. The fraction of sp³-hybridized carbons (Fsp3) is 0.864. The summed E-state index contributed by atoms with van der Waals surface area (Å²) in [5, 5.41) is 9.45. The van der Waals surface area contributed by atoms with E-state index in [0.29, 0.717) is 24.2 Å². The van der Waals surface area contributed by atoms with Crippen LogP contribution < -0.4 is 0 Å². The highest BCUT2D eigenvalue weighted by Gasteiger charge is 2.58. The minimum Gasteiger partial charge on any atom is -0.463 e. The molecule has 0 spiro atoms. The molecule has 27 heavy (non-hydrogen) atoms. The molecule has 3 fully saturated rings. The summed E-state index contributed by atoms with van der Waals surface area (Å²) in [7, 11) is 0. The lowest BCUT2D eigenvalue weighted by Crippen LogP contribution is -2.57. The van der Waals surface area contributed by atoms with Crippen molar-refractivity contribution in [2.45, 2.75) is 90.8 Å². The standard InChI is InChI=1S/C22H33NO4/c1-14(24)26-17-7-10-21(3)16(13-17)5-6-18-19(21)8-11-22(4,27-15(2)25)20(18)9-12-23/h16-20H,5-11,13H2,1-4H3. The van der Waals surface area contributed by atoms with E-state index in [1.54, 1.807) is 0 Å². The molecule has 0 bridgehead atoms. The summed E-state index contributed by atoms with van der Waals surface area (Å²) in [4.78, 5) is 23.1. The molecule has 3 saturated carbocycles. The van der Waals surface area contributed by atoms with Gasteiger partial charge < -0.3 is 9.47 Å². The van der Waals surface area contributed by atoms with E-state index in [1.807, 2.05) is 6.92 Å². The quantitative estimate of drug-likeness (QED) is 0.684. The molecule has 0 aromatic rings. The molecule has 0 aliphatic heterocycles. The molecule has 150 valence electrons. The third-order valence-electron chi connectivity index (χ3n) is 7.97. The Labute approximate surface area is 162 Å². The van der Waals surface area contributed by atoms with Crippen molar-refractivity contribution < 1.29 is 19.1 Å². The summed E-state index contributed by atoms with van der Waals surface area (Å²) in [5.74, 6) is 1.22. The van der Waals surface area contributed by atoms with E-state index in [0.717, 1.165) is 44.9 Å². The number of hydrogen-bond donors (Lipinski definition) is 0. The maximum absolute atomic E-state index is 11.7. The Kier molecular flexibility index (Phi) is 5.57. The van der Waals surface area contributed by atoms with Crippen LogP contribution in [0.3, 0.4) is 0 Å². The van der Waals surface area contributed by atoms with Crippen molar-refractivity contribution in [2.75, 3.05) is 0 Å². The number of nitriles is 1. The van der Waals surface area contributed by atoms with Gasteiger partial charge in [-0.15, -0.1) is 0 Å². The van der Waals surface area contributed by atoms with E-state index in [2.05, 4.69) is 13.0 Å². The van der Waals surface area contributed by atoms with E-state index in [1.165, 1.54) is 13.8 Å². The Hall–Kier alpha value is -1.57. The zero-order chi connectivity index (χ0) is 19.8. The van der Waals surface area contributed by atoms with Crippen LogP contribution >= 0.6 is 0 Å². The molecule has 0 heterocycles. The van der Waals surface area contributed by atoms with Gasteiger partial charge in [-0.25, -0.2) is 0 Å². The number of nitrogens with zero attached hydrogens (tertiary/aromatic N) is 1. The molecular formula is C22H33NO4. The molecule has 7 atom stereocenters. The molecule has 3 aliphatic rings. The maximum Gasteiger partial charge on any atom is 0.303 e. The topological polar surface area (TPSA) is 76.4 Å². The lowest BCUT2D eigenvalue weighted by Gasteiger charge is -2.60. The Bertz CT molecular complexity index is 641. The van der Waals surface area contributed by atoms with Crippen molar-refractivity contribution in [1.29, 1.82) is 5.26 Å². The molecule has 0 aromatic heterocycles. The Morgan fingerprint density at radius 2 is 1.81 bits per heavy atom. The molecule has 0 saturated heterocycles. The predicted molar refractivity (Wildman–Crippen MR) is 100 cm³/mol. The fourth-order valence-electron chi connectivity index (χ4n) is 6.77. The van der Waals surface area contributed by atoms with E-state index in [4.69, 9.17) is 9.47 Å². The highest BCUT2D eigenvalue weighted by Crippen LogP contribution is 2.62. The zero-order valence-electron chi connectivity index (χ0n) is 17.1. The summed E-state index contributed by atoms with van der Waals surface area (Å²) in [6.45, 7) is 7.40. The minimum absolute atomic E-state index is 0.0573. The number of hydrogen-bond acceptors (Lipinski definition) is 5. The highest BCUT2D eigenvalue weighted by atomic mass is 16.6. The first-order chi connectivity index (χ1) is 12.7. The average Bonchev–Trinajstić information content (AvgIpc) is 2.56. The first-order valence-electron chi connectivity index (χ1n) is 10.4. The molecule has 0 amide bonds. The Morgan fingerprint density at radius 1 is 1.07 bits per heavy atom. The minimum atomic E-state index is -0.527. The van der Waals surface area contributed by atoms with Crippen LogP contribution in [0.5, 0.6) is 0 Å². The summed E-state index contributed by atoms with van der Waals surface area (Å²) >= 11 is 0. The van der Waals surface area contributed by atoms with Gasteiger partial charge in [-0.1, -0.05) is 6.92 Å². The van der Waals surface area contributed by atoms with E-state index >= 15 is 0 Å². The molecule has 5 nitrogen and oxygen atoms in total. The molecule has 5 heteroatoms. The smallest absolute Gasteiger partial charge is 0.303 e. The van der Waals surface area contributed by atoms with Crippen molar-refractivity contribution in [2.24, 2.45) is 29.1 Å². The fourth-order valence-corrected chi connectivity index (χ4v) is 6.77. The van der Waals surface area contributed by atoms with E-state index in [-0.39, 0.29) is 29.4 Å². The molecule has 7 unspecified atom stereocenters. The number of rotatable bonds is 3. The van der Waals surface area contributed by atoms with Gasteiger partial charge in [-0.05, 0) is 75.0 Å². The Morgan fingerprint density at radius 3 is 2.44 bits per heavy atom. The number of ether oxygens (including phenoxy) is 2. The lowest BCUT2D eigenvalue weighted by molar-refractivity contribution is -0.190. The second kappa shape index (κ2) is 7.45. The summed E-state index contributed by atoms with van der Waals surface area (Å²) < 4.78 is 11.3. The zero-order valence-corrected chi connectivity index (χ0v) is 17.1. The van der Waals surface area contributed by atoms with Gasteiger partial charge >= 0.3 is 11.9 Å². The van der Waals surface area contributed by atoms with Gasteiger partial charge in [-0.3, -0.25) is 9.59 Å². The van der Waals surface area contributed by atoms with Gasteiger partial charge in [0.25, 0.3) is 0 Å². The first kappa shape index (κ1) is 20.2. The SMILES string of the molecule is CC(=O)OC1CCC2(C)C(CCC3C(CC#N)C(C)(OC(C)=O)CCC32)C1. The second-order valence-electron chi connectivity index (χ2n) is 9.47. The molecule has 3 aliphatic carbocycles. The van der Waals surface area contributed by atoms with Crippen LogP contribution in [0.15, 0.2) is 0 Å². The van der Waals surface area contributed by atoms with Crippen LogP contribution in [-0.4, -0.2) is 23.6 Å². The van der Waals surface area contributed by atoms with E-state index < -0.39 is 5.60 Å². The monoisotopic (exact) mass is 375 g/mol. The average molecular weight is 376 g/mol. The van der Waals surface area contributed by atoms with Crippen molar-refractivity contribution in [3.8, 4) is 6.07 Å². The van der Waals surface area contributed by atoms with Crippen LogP contribution in [0.25, 0.3) is 0 Å². The number of carbonyl (C=O) groups excluding carboxylic acids is 2. The molecule has 3 rings (SSSR count). The summed E-state index contributed by atoms with van der Waals surface area (Å²) in [5.41, 5.74) is -0.300. The number of fused-ring (bicyclic) bond motifs is 3. The predicted octanol–water partition coefficient (Wildman–Crippen LogP) is 4.40. The highest BCUT2D eigenvalue weighted by molar-refractivity contribution is 5.66. The van der Waals surface area contributed by atoms with Crippen molar-refractivity contribution in [3.05, 3.63) is 0 Å². The molecule has 0 N–H and O–H groups in total. The Balaban J connectivity index is 1.81. The van der Waals surface area contributed by atoms with Crippen molar-refractivity contribution in [1.82, 2.24) is 0 Å². The summed E-state index contributed by atoms with van der Waals surface area (Å²) in [6, 6.07) is 2.36. The van der Waals surface area contributed by atoms with Gasteiger partial charge in [0.15, 0.2) is 0 Å².